The highest BCUT2D eigenvalue weighted by molar-refractivity contribution is 14.1. The van der Waals surface area contributed by atoms with Crippen molar-refractivity contribution in [2.24, 2.45) is 0 Å². The zero-order valence-corrected chi connectivity index (χ0v) is 7.93. The van der Waals surface area contributed by atoms with Gasteiger partial charge in [-0.15, -0.1) is 0 Å². The standard InChI is InChI=1S/C5H5ClFIN2/c6-4-3-10(2-1-7)9-5(4)8/h3H,1-2H2. The molecule has 2 nitrogen and oxygen atoms in total. The maximum atomic E-state index is 11.7. The molecule has 1 rings (SSSR count). The lowest BCUT2D eigenvalue weighted by Crippen LogP contribution is -1.99. The summed E-state index contributed by atoms with van der Waals surface area (Å²) in [6, 6.07) is 0. The molecule has 0 aliphatic carbocycles. The number of halogens is 3. The monoisotopic (exact) mass is 274 g/mol. The Labute approximate surface area is 76.5 Å². The van der Waals surface area contributed by atoms with Crippen LogP contribution in [0.5, 0.6) is 0 Å². The minimum atomic E-state index is -0.409. The second-order valence-corrected chi connectivity index (χ2v) is 3.15. The summed E-state index contributed by atoms with van der Waals surface area (Å²) in [5.41, 5.74) is 0. The van der Waals surface area contributed by atoms with E-state index in [1.165, 1.54) is 4.68 Å². The molecule has 0 N–H and O–H groups in total. The molecule has 0 saturated carbocycles. The van der Waals surface area contributed by atoms with Gasteiger partial charge in [-0.1, -0.05) is 11.6 Å². The van der Waals surface area contributed by atoms with Crippen LogP contribution < -0.4 is 0 Å². The van der Waals surface area contributed by atoms with Gasteiger partial charge in [0.05, 0.1) is 11.6 Å². The number of nitrogens with zero attached hydrogens (tertiary/aromatic N) is 2. The Bertz CT molecular complexity index is 206. The van der Waals surface area contributed by atoms with Crippen molar-refractivity contribution in [3.8, 4) is 0 Å². The lowest BCUT2D eigenvalue weighted by molar-refractivity contribution is 0.426. The van der Waals surface area contributed by atoms with Crippen molar-refractivity contribution in [3.05, 3.63) is 14.9 Å². The van der Waals surface area contributed by atoms with Crippen LogP contribution in [-0.2, 0) is 6.54 Å². The van der Waals surface area contributed by atoms with Gasteiger partial charge in [0.2, 0.25) is 0 Å². The molecule has 10 heavy (non-hydrogen) atoms. The summed E-state index contributed by atoms with van der Waals surface area (Å²) < 4.78 is 13.9. The largest absolute Gasteiger partial charge is 0.267 e. The van der Waals surface area contributed by atoms with Gasteiger partial charge in [-0.05, 0) is 22.6 Å². The van der Waals surface area contributed by atoms with Crippen molar-refractivity contribution >= 4 is 34.2 Å². The summed E-state index contributed by atoms with van der Waals surface area (Å²) in [5, 5.41) is 4.51. The molecule has 1 heterocycles. The zero-order valence-electron chi connectivity index (χ0n) is 5.02. The van der Waals surface area contributed by atoms with Crippen LogP contribution in [0.2, 0.25) is 5.02 Å². The van der Waals surface area contributed by atoms with Gasteiger partial charge in [0, 0.05) is 6.20 Å². The molecule has 0 radical (unpaired) electrons. The van der Waals surface area contributed by atoms with Crippen molar-refractivity contribution in [1.29, 1.82) is 0 Å². The molecule has 0 saturated heterocycles. The molecule has 0 bridgehead atoms. The van der Waals surface area contributed by atoms with E-state index in [0.717, 1.165) is 0 Å². The third-order valence-electron chi connectivity index (χ3n) is 0.989. The van der Waals surface area contributed by atoms with Gasteiger partial charge >= 0.3 is 0 Å². The molecule has 0 spiro atoms. The second-order valence-electron chi connectivity index (χ2n) is 1.72. The van der Waals surface area contributed by atoms with Crippen molar-refractivity contribution in [1.82, 2.24) is 9.78 Å². The SMILES string of the molecule is FCCn1cc(Cl)c(I)n1. The topological polar surface area (TPSA) is 17.8 Å². The Morgan fingerprint density at radius 1 is 1.80 bits per heavy atom. The van der Waals surface area contributed by atoms with Crippen LogP contribution in [0.3, 0.4) is 0 Å². The zero-order chi connectivity index (χ0) is 7.56. The lowest BCUT2D eigenvalue weighted by Gasteiger charge is -1.91. The van der Waals surface area contributed by atoms with E-state index >= 15 is 0 Å². The van der Waals surface area contributed by atoms with Crippen LogP contribution >= 0.6 is 34.2 Å². The predicted molar refractivity (Wildman–Crippen MR) is 45.9 cm³/mol. The highest BCUT2D eigenvalue weighted by atomic mass is 127. The smallest absolute Gasteiger partial charge is 0.141 e. The van der Waals surface area contributed by atoms with E-state index in [-0.39, 0.29) is 6.54 Å². The quantitative estimate of drug-likeness (QED) is 0.755. The Morgan fingerprint density at radius 3 is 2.90 bits per heavy atom. The van der Waals surface area contributed by atoms with Crippen LogP contribution in [0.15, 0.2) is 6.20 Å². The first-order chi connectivity index (χ1) is 4.74. The minimum absolute atomic E-state index is 0.280. The molecule has 0 aliphatic rings. The number of hydrogen-bond donors (Lipinski definition) is 0. The van der Waals surface area contributed by atoms with Crippen LogP contribution in [0, 0.1) is 3.70 Å². The van der Waals surface area contributed by atoms with E-state index in [1.54, 1.807) is 6.20 Å². The highest BCUT2D eigenvalue weighted by Gasteiger charge is 2.01. The molecule has 1 aromatic rings. The summed E-state index contributed by atoms with van der Waals surface area (Å²) in [7, 11) is 0. The molecular weight excluding hydrogens is 269 g/mol. The van der Waals surface area contributed by atoms with E-state index in [4.69, 9.17) is 11.6 Å². The average Bonchev–Trinajstić information content (AvgIpc) is 2.14. The molecule has 0 atom stereocenters. The molecule has 0 aliphatic heterocycles. The van der Waals surface area contributed by atoms with E-state index in [1.807, 2.05) is 22.6 Å². The molecule has 1 aromatic heterocycles. The predicted octanol–water partition coefficient (Wildman–Crippen LogP) is 2.11. The number of aryl methyl sites for hydroxylation is 1. The van der Waals surface area contributed by atoms with E-state index in [9.17, 15) is 4.39 Å². The average molecular weight is 274 g/mol. The van der Waals surface area contributed by atoms with Crippen LogP contribution in [0.1, 0.15) is 0 Å². The summed E-state index contributed by atoms with van der Waals surface area (Å²) in [4.78, 5) is 0. The second kappa shape index (κ2) is 3.52. The van der Waals surface area contributed by atoms with Gasteiger partial charge < -0.3 is 0 Å². The first kappa shape index (κ1) is 8.26. The third kappa shape index (κ3) is 1.82. The Morgan fingerprint density at radius 2 is 2.50 bits per heavy atom. The van der Waals surface area contributed by atoms with Gasteiger partial charge in [0.1, 0.15) is 10.4 Å². The summed E-state index contributed by atoms with van der Waals surface area (Å²) in [5.74, 6) is 0. The summed E-state index contributed by atoms with van der Waals surface area (Å²) >= 11 is 7.65. The van der Waals surface area contributed by atoms with Gasteiger partial charge in [-0.3, -0.25) is 4.68 Å². The van der Waals surface area contributed by atoms with Gasteiger partial charge in [-0.25, -0.2) is 4.39 Å². The van der Waals surface area contributed by atoms with Crippen LogP contribution in [-0.4, -0.2) is 16.5 Å². The van der Waals surface area contributed by atoms with Crippen LogP contribution in [0.25, 0.3) is 0 Å². The van der Waals surface area contributed by atoms with E-state index in [0.29, 0.717) is 8.72 Å². The molecule has 0 unspecified atom stereocenters. The van der Waals surface area contributed by atoms with Gasteiger partial charge in [-0.2, -0.15) is 5.10 Å². The number of hydrogen-bond acceptors (Lipinski definition) is 1. The Kier molecular flexibility index (Phi) is 2.91. The van der Waals surface area contributed by atoms with Crippen LogP contribution in [0.4, 0.5) is 4.39 Å². The van der Waals surface area contributed by atoms with Gasteiger partial charge in [0.15, 0.2) is 0 Å². The van der Waals surface area contributed by atoms with Crippen molar-refractivity contribution in [2.45, 2.75) is 6.54 Å². The molecule has 0 fully saturated rings. The van der Waals surface area contributed by atoms with Crippen molar-refractivity contribution in [2.75, 3.05) is 6.67 Å². The first-order valence-corrected chi connectivity index (χ1v) is 4.14. The maximum Gasteiger partial charge on any atom is 0.141 e. The maximum absolute atomic E-state index is 11.7. The Balaban J connectivity index is 2.77. The third-order valence-corrected chi connectivity index (χ3v) is 2.38. The highest BCUT2D eigenvalue weighted by Crippen LogP contribution is 2.15. The fraction of sp³-hybridized carbons (Fsp3) is 0.400. The summed E-state index contributed by atoms with van der Waals surface area (Å²) in [6.07, 6.45) is 1.61. The fourth-order valence-electron chi connectivity index (χ4n) is 0.575. The van der Waals surface area contributed by atoms with Gasteiger partial charge in [0.25, 0.3) is 0 Å². The lowest BCUT2D eigenvalue weighted by atomic mass is 10.7. The molecule has 0 aromatic carbocycles. The molecule has 0 amide bonds. The van der Waals surface area contributed by atoms with Crippen molar-refractivity contribution < 1.29 is 4.39 Å². The van der Waals surface area contributed by atoms with E-state index < -0.39 is 6.67 Å². The van der Waals surface area contributed by atoms with Crippen molar-refractivity contribution in [3.63, 3.8) is 0 Å². The molecule has 5 heteroatoms. The molecule has 56 valence electrons. The Hall–Kier alpha value is 0.160. The normalized spacial score (nSPS) is 10.3. The fourth-order valence-corrected chi connectivity index (χ4v) is 1.14. The first-order valence-electron chi connectivity index (χ1n) is 2.68. The number of alkyl halides is 1. The minimum Gasteiger partial charge on any atom is -0.267 e. The molecular formula is C5H5ClFIN2. The van der Waals surface area contributed by atoms with E-state index in [2.05, 4.69) is 5.10 Å². The number of rotatable bonds is 2. The summed E-state index contributed by atoms with van der Waals surface area (Å²) in [6.45, 7) is -0.128. The number of aromatic nitrogens is 2.